The number of nitrogens with zero attached hydrogens (tertiary/aromatic N) is 4. The largest absolute Gasteiger partial charge is 0.369 e. The summed E-state index contributed by atoms with van der Waals surface area (Å²) >= 11 is 1.76. The number of morpholine rings is 1. The fraction of sp³-hybridized carbons (Fsp3) is 0.316. The Morgan fingerprint density at radius 2 is 2.12 bits per heavy atom. The van der Waals surface area contributed by atoms with E-state index in [1.54, 1.807) is 17.5 Å². The lowest BCUT2D eigenvalue weighted by atomic mass is 10.2. The maximum atomic E-state index is 5.98. The summed E-state index contributed by atoms with van der Waals surface area (Å²) in [4.78, 5) is 17.0. The minimum Gasteiger partial charge on any atom is -0.369 e. The molecule has 1 aliphatic rings. The second-order valence-corrected chi connectivity index (χ2v) is 7.55. The monoisotopic (exact) mass is 367 g/mol. The van der Waals surface area contributed by atoms with Gasteiger partial charge in [-0.25, -0.2) is 15.0 Å². The maximum Gasteiger partial charge on any atom is 0.131 e. The van der Waals surface area contributed by atoms with Crippen molar-refractivity contribution in [2.24, 2.45) is 0 Å². The maximum absolute atomic E-state index is 5.98. The normalized spacial score (nSPS) is 18.0. The number of hydrogen-bond acceptors (Lipinski definition) is 7. The molecule has 7 heteroatoms. The van der Waals surface area contributed by atoms with Gasteiger partial charge in [0.15, 0.2) is 0 Å². The van der Waals surface area contributed by atoms with Crippen molar-refractivity contribution >= 4 is 23.0 Å². The van der Waals surface area contributed by atoms with Crippen molar-refractivity contribution in [1.82, 2.24) is 19.9 Å². The van der Waals surface area contributed by atoms with Crippen LogP contribution in [0.25, 0.3) is 0 Å². The summed E-state index contributed by atoms with van der Waals surface area (Å²) < 4.78 is 5.98. The lowest BCUT2D eigenvalue weighted by Crippen LogP contribution is -2.37. The number of hydrogen-bond donors (Lipinski definition) is 1. The highest BCUT2D eigenvalue weighted by molar-refractivity contribution is 7.11. The van der Waals surface area contributed by atoms with Crippen molar-refractivity contribution in [3.8, 4) is 0 Å². The van der Waals surface area contributed by atoms with Crippen molar-refractivity contribution in [3.05, 3.63) is 64.4 Å². The van der Waals surface area contributed by atoms with E-state index in [2.05, 4.69) is 20.2 Å². The molecule has 3 aromatic rings. The summed E-state index contributed by atoms with van der Waals surface area (Å²) in [5.74, 6) is 1.56. The number of thiazole rings is 1. The Morgan fingerprint density at radius 3 is 2.92 bits per heavy atom. The molecule has 1 N–H and O–H groups in total. The van der Waals surface area contributed by atoms with E-state index in [4.69, 9.17) is 9.72 Å². The fourth-order valence-electron chi connectivity index (χ4n) is 2.99. The Balaban J connectivity index is 1.44. The zero-order valence-corrected chi connectivity index (χ0v) is 15.4. The Labute approximate surface area is 156 Å². The van der Waals surface area contributed by atoms with Crippen LogP contribution >= 0.6 is 11.3 Å². The van der Waals surface area contributed by atoms with Gasteiger partial charge >= 0.3 is 0 Å². The molecule has 4 heterocycles. The number of nitrogens with one attached hydrogen (secondary N) is 1. The minimum absolute atomic E-state index is 0.0248. The van der Waals surface area contributed by atoms with Gasteiger partial charge in [-0.2, -0.15) is 0 Å². The average Bonchev–Trinajstić information content (AvgIpc) is 3.08. The molecular weight excluding hydrogens is 346 g/mol. The topological polar surface area (TPSA) is 63.2 Å². The van der Waals surface area contributed by atoms with Crippen LogP contribution < -0.4 is 5.32 Å². The second kappa shape index (κ2) is 7.90. The van der Waals surface area contributed by atoms with Crippen molar-refractivity contribution in [2.75, 3.05) is 25.0 Å². The van der Waals surface area contributed by atoms with E-state index in [9.17, 15) is 0 Å². The average molecular weight is 367 g/mol. The zero-order chi connectivity index (χ0) is 17.8. The van der Waals surface area contributed by atoms with E-state index in [1.807, 2.05) is 49.5 Å². The predicted octanol–water partition coefficient (Wildman–Crippen LogP) is 3.56. The van der Waals surface area contributed by atoms with Gasteiger partial charge in [0.1, 0.15) is 17.7 Å². The van der Waals surface area contributed by atoms with Crippen LogP contribution in [0.3, 0.4) is 0 Å². The summed E-state index contributed by atoms with van der Waals surface area (Å²) in [5.41, 5.74) is 0.941. The predicted molar refractivity (Wildman–Crippen MR) is 103 cm³/mol. The lowest BCUT2D eigenvalue weighted by Gasteiger charge is -2.32. The molecule has 3 aromatic heterocycles. The van der Waals surface area contributed by atoms with E-state index >= 15 is 0 Å². The second-order valence-electron chi connectivity index (χ2n) is 6.23. The van der Waals surface area contributed by atoms with Gasteiger partial charge in [0, 0.05) is 36.9 Å². The molecule has 6 nitrogen and oxygen atoms in total. The van der Waals surface area contributed by atoms with Crippen molar-refractivity contribution in [2.45, 2.75) is 19.6 Å². The van der Waals surface area contributed by atoms with Gasteiger partial charge in [-0.05, 0) is 31.2 Å². The van der Waals surface area contributed by atoms with Gasteiger partial charge in [0.05, 0.1) is 17.3 Å². The third-order valence-electron chi connectivity index (χ3n) is 4.22. The first-order chi connectivity index (χ1) is 12.8. The number of pyridine rings is 2. The quantitative estimate of drug-likeness (QED) is 0.744. The molecule has 4 rings (SSSR count). The van der Waals surface area contributed by atoms with Gasteiger partial charge in [-0.15, -0.1) is 11.3 Å². The van der Waals surface area contributed by atoms with Crippen LogP contribution in [0.15, 0.2) is 48.8 Å². The summed E-state index contributed by atoms with van der Waals surface area (Å²) in [7, 11) is 0. The van der Waals surface area contributed by atoms with Crippen LogP contribution in [0, 0.1) is 6.92 Å². The molecule has 0 unspecified atom stereocenters. The van der Waals surface area contributed by atoms with Crippen LogP contribution in [0.4, 0.5) is 11.6 Å². The van der Waals surface area contributed by atoms with Gasteiger partial charge in [0.25, 0.3) is 0 Å². The van der Waals surface area contributed by atoms with Gasteiger partial charge in [-0.1, -0.05) is 12.1 Å². The van der Waals surface area contributed by atoms with Crippen LogP contribution in [-0.4, -0.2) is 39.5 Å². The highest BCUT2D eigenvalue weighted by atomic mass is 32.1. The molecule has 26 heavy (non-hydrogen) atoms. The van der Waals surface area contributed by atoms with E-state index in [0.717, 1.165) is 42.0 Å². The number of rotatable bonds is 5. The standard InChI is InChI=1S/C19H21N5OS/c1-14-21-11-15(26-14)12-24-9-10-25-17(13-24)16-5-4-7-19(22-16)23-18-6-2-3-8-20-18/h2-8,11,17H,9-10,12-13H2,1H3,(H,20,22,23)/t17-/m1/s1. The van der Waals surface area contributed by atoms with Crippen molar-refractivity contribution in [3.63, 3.8) is 0 Å². The first kappa shape index (κ1) is 17.1. The minimum atomic E-state index is -0.0248. The van der Waals surface area contributed by atoms with E-state index < -0.39 is 0 Å². The fourth-order valence-corrected chi connectivity index (χ4v) is 3.83. The molecular formula is C19H21N5OS. The molecule has 0 aliphatic carbocycles. The number of aryl methyl sites for hydroxylation is 1. The first-order valence-corrected chi connectivity index (χ1v) is 9.48. The van der Waals surface area contributed by atoms with Gasteiger partial charge < -0.3 is 10.1 Å². The van der Waals surface area contributed by atoms with E-state index in [-0.39, 0.29) is 6.10 Å². The van der Waals surface area contributed by atoms with E-state index in [1.165, 1.54) is 4.88 Å². The Kier molecular flexibility index (Phi) is 5.19. The molecule has 1 saturated heterocycles. The molecule has 0 bridgehead atoms. The van der Waals surface area contributed by atoms with Crippen molar-refractivity contribution < 1.29 is 4.74 Å². The van der Waals surface area contributed by atoms with Crippen molar-refractivity contribution in [1.29, 1.82) is 0 Å². The Bertz CT molecular complexity index is 854. The highest BCUT2D eigenvalue weighted by Crippen LogP contribution is 2.24. The lowest BCUT2D eigenvalue weighted by molar-refractivity contribution is -0.0346. The summed E-state index contributed by atoms with van der Waals surface area (Å²) in [6, 6.07) is 11.7. The molecule has 0 aromatic carbocycles. The van der Waals surface area contributed by atoms with Crippen LogP contribution in [0.2, 0.25) is 0 Å². The van der Waals surface area contributed by atoms with Crippen LogP contribution in [0.5, 0.6) is 0 Å². The third-order valence-corrected chi connectivity index (χ3v) is 5.12. The summed E-state index contributed by atoms with van der Waals surface area (Å²) in [6.45, 7) is 5.43. The molecule has 1 atom stereocenters. The molecule has 1 fully saturated rings. The Morgan fingerprint density at radius 1 is 1.19 bits per heavy atom. The van der Waals surface area contributed by atoms with Gasteiger partial charge in [-0.3, -0.25) is 4.90 Å². The zero-order valence-electron chi connectivity index (χ0n) is 14.6. The number of anilines is 2. The molecule has 0 spiro atoms. The van der Waals surface area contributed by atoms with Crippen LogP contribution in [0.1, 0.15) is 21.7 Å². The summed E-state index contributed by atoms with van der Waals surface area (Å²) in [6.07, 6.45) is 3.71. The molecule has 0 saturated carbocycles. The molecule has 1 aliphatic heterocycles. The van der Waals surface area contributed by atoms with E-state index in [0.29, 0.717) is 6.61 Å². The number of ether oxygens (including phenoxy) is 1. The summed E-state index contributed by atoms with van der Waals surface area (Å²) in [5, 5.41) is 4.35. The van der Waals surface area contributed by atoms with Gasteiger partial charge in [0.2, 0.25) is 0 Å². The van der Waals surface area contributed by atoms with Crippen LogP contribution in [-0.2, 0) is 11.3 Å². The SMILES string of the molecule is Cc1ncc(CN2CCO[C@@H](c3cccc(Nc4ccccn4)n3)C2)s1. The smallest absolute Gasteiger partial charge is 0.131 e. The Hall–Kier alpha value is -2.35. The first-order valence-electron chi connectivity index (χ1n) is 8.66. The molecule has 134 valence electrons. The number of aromatic nitrogens is 3. The molecule has 0 amide bonds. The molecule has 0 radical (unpaired) electrons. The third kappa shape index (κ3) is 4.24. The highest BCUT2D eigenvalue weighted by Gasteiger charge is 2.23.